The Labute approximate surface area is 158 Å². The highest BCUT2D eigenvalue weighted by Gasteiger charge is 2.30. The van der Waals surface area contributed by atoms with Crippen LogP contribution in [0.3, 0.4) is 0 Å². The summed E-state index contributed by atoms with van der Waals surface area (Å²) in [6, 6.07) is 4.78. The molecule has 2 aliphatic heterocycles. The van der Waals surface area contributed by atoms with E-state index >= 15 is 0 Å². The number of hydrogen-bond acceptors (Lipinski definition) is 6. The minimum atomic E-state index is 0.410. The Hall–Kier alpha value is -0.890. The zero-order valence-corrected chi connectivity index (χ0v) is 16.6. The Morgan fingerprint density at radius 2 is 2.08 bits per heavy atom. The monoisotopic (exact) mass is 377 g/mol. The molecule has 0 amide bonds. The standard InChI is InChI=1S/C18H27N5S2/c1-21-17(16-7-4-10-23(16)14-15-6-5-12-24-15)19-20-18(21)25-13-11-22-8-2-3-9-22/h5-6,12,16H,2-4,7-11,13-14H2,1H3/t16-/m0/s1. The molecule has 4 rings (SSSR count). The van der Waals surface area contributed by atoms with Crippen molar-refractivity contribution < 1.29 is 0 Å². The van der Waals surface area contributed by atoms with E-state index in [2.05, 4.69) is 49.1 Å². The minimum absolute atomic E-state index is 0.410. The molecule has 1 atom stereocenters. The summed E-state index contributed by atoms with van der Waals surface area (Å²) < 4.78 is 2.23. The SMILES string of the molecule is Cn1c(SCCN2CCCC2)nnc1[C@@H]1CCCN1Cc1cccs1. The molecule has 136 valence electrons. The summed E-state index contributed by atoms with van der Waals surface area (Å²) in [4.78, 5) is 6.56. The van der Waals surface area contributed by atoms with Crippen LogP contribution >= 0.6 is 23.1 Å². The molecule has 4 heterocycles. The van der Waals surface area contributed by atoms with E-state index < -0.39 is 0 Å². The van der Waals surface area contributed by atoms with Crippen molar-refractivity contribution in [2.24, 2.45) is 7.05 Å². The van der Waals surface area contributed by atoms with Gasteiger partial charge in [0.15, 0.2) is 11.0 Å². The third kappa shape index (κ3) is 4.10. The Morgan fingerprint density at radius 1 is 1.20 bits per heavy atom. The number of thiophene rings is 1. The molecule has 0 aliphatic carbocycles. The molecule has 0 spiro atoms. The molecule has 2 fully saturated rings. The number of nitrogens with zero attached hydrogens (tertiary/aromatic N) is 5. The molecule has 0 saturated carbocycles. The molecular weight excluding hydrogens is 350 g/mol. The van der Waals surface area contributed by atoms with Gasteiger partial charge in [0.05, 0.1) is 6.04 Å². The van der Waals surface area contributed by atoms with E-state index in [1.165, 1.54) is 50.2 Å². The first-order chi connectivity index (χ1) is 12.3. The normalized spacial score (nSPS) is 22.2. The predicted molar refractivity (Wildman–Crippen MR) is 104 cm³/mol. The summed E-state index contributed by atoms with van der Waals surface area (Å²) in [5.74, 6) is 2.24. The van der Waals surface area contributed by atoms with Gasteiger partial charge in [0.2, 0.25) is 0 Å². The van der Waals surface area contributed by atoms with Gasteiger partial charge in [0.25, 0.3) is 0 Å². The number of thioether (sulfide) groups is 1. The molecule has 2 aliphatic rings. The van der Waals surface area contributed by atoms with Crippen LogP contribution in [-0.4, -0.2) is 56.5 Å². The molecule has 0 unspecified atom stereocenters. The molecule has 25 heavy (non-hydrogen) atoms. The molecule has 2 aromatic heterocycles. The lowest BCUT2D eigenvalue weighted by Crippen LogP contribution is -2.24. The highest BCUT2D eigenvalue weighted by Crippen LogP contribution is 2.33. The molecule has 5 nitrogen and oxygen atoms in total. The van der Waals surface area contributed by atoms with Gasteiger partial charge in [-0.1, -0.05) is 17.8 Å². The molecular formula is C18H27N5S2. The summed E-state index contributed by atoms with van der Waals surface area (Å²) in [5, 5.41) is 12.3. The highest BCUT2D eigenvalue weighted by molar-refractivity contribution is 7.99. The second-order valence-corrected chi connectivity index (χ2v) is 9.10. The summed E-state index contributed by atoms with van der Waals surface area (Å²) in [5.41, 5.74) is 0. The van der Waals surface area contributed by atoms with Crippen molar-refractivity contribution in [3.63, 3.8) is 0 Å². The predicted octanol–water partition coefficient (Wildman–Crippen LogP) is 3.40. The van der Waals surface area contributed by atoms with Crippen molar-refractivity contribution in [3.8, 4) is 0 Å². The molecule has 0 bridgehead atoms. The van der Waals surface area contributed by atoms with Crippen LogP contribution in [-0.2, 0) is 13.6 Å². The zero-order valence-electron chi connectivity index (χ0n) is 14.9. The van der Waals surface area contributed by atoms with Gasteiger partial charge in [-0.05, 0) is 56.8 Å². The number of aromatic nitrogens is 3. The van der Waals surface area contributed by atoms with E-state index in [0.29, 0.717) is 6.04 Å². The maximum absolute atomic E-state index is 4.57. The fraction of sp³-hybridized carbons (Fsp3) is 0.667. The van der Waals surface area contributed by atoms with E-state index in [1.807, 2.05) is 23.1 Å². The van der Waals surface area contributed by atoms with Gasteiger partial charge in [0.1, 0.15) is 0 Å². The maximum Gasteiger partial charge on any atom is 0.191 e. The van der Waals surface area contributed by atoms with Crippen LogP contribution < -0.4 is 0 Å². The number of likely N-dealkylation sites (tertiary alicyclic amines) is 2. The Kier molecular flexibility index (Phi) is 5.75. The third-order valence-electron chi connectivity index (χ3n) is 5.31. The lowest BCUT2D eigenvalue weighted by Gasteiger charge is -2.23. The van der Waals surface area contributed by atoms with Crippen molar-refractivity contribution in [3.05, 3.63) is 28.2 Å². The number of rotatable bonds is 7. The summed E-state index contributed by atoms with van der Waals surface area (Å²) in [7, 11) is 2.13. The first kappa shape index (κ1) is 17.5. The average molecular weight is 378 g/mol. The maximum atomic E-state index is 4.57. The Morgan fingerprint density at radius 3 is 2.88 bits per heavy atom. The summed E-state index contributed by atoms with van der Waals surface area (Å²) in [6.45, 7) is 5.90. The minimum Gasteiger partial charge on any atom is -0.308 e. The van der Waals surface area contributed by atoms with Gasteiger partial charge in [-0.2, -0.15) is 0 Å². The van der Waals surface area contributed by atoms with Crippen LogP contribution in [0, 0.1) is 0 Å². The van der Waals surface area contributed by atoms with Crippen molar-refractivity contribution in [2.45, 2.75) is 43.4 Å². The van der Waals surface area contributed by atoms with Crippen LogP contribution in [0.15, 0.2) is 22.7 Å². The van der Waals surface area contributed by atoms with Crippen LogP contribution in [0.25, 0.3) is 0 Å². The van der Waals surface area contributed by atoms with E-state index in [0.717, 1.165) is 29.8 Å². The quantitative estimate of drug-likeness (QED) is 0.691. The lowest BCUT2D eigenvalue weighted by atomic mass is 10.2. The van der Waals surface area contributed by atoms with Crippen LogP contribution in [0.5, 0.6) is 0 Å². The van der Waals surface area contributed by atoms with Crippen LogP contribution in [0.4, 0.5) is 0 Å². The smallest absolute Gasteiger partial charge is 0.191 e. The Balaban J connectivity index is 1.37. The Bertz CT molecular complexity index is 663. The van der Waals surface area contributed by atoms with E-state index in [4.69, 9.17) is 0 Å². The zero-order chi connectivity index (χ0) is 17.1. The van der Waals surface area contributed by atoms with Crippen molar-refractivity contribution in [1.29, 1.82) is 0 Å². The third-order valence-corrected chi connectivity index (χ3v) is 7.17. The first-order valence-corrected chi connectivity index (χ1v) is 11.2. The van der Waals surface area contributed by atoms with E-state index in [1.54, 1.807) is 0 Å². The molecule has 0 aromatic carbocycles. The van der Waals surface area contributed by atoms with Gasteiger partial charge in [-0.3, -0.25) is 4.90 Å². The number of hydrogen-bond donors (Lipinski definition) is 0. The van der Waals surface area contributed by atoms with Crippen molar-refractivity contribution in [2.75, 3.05) is 31.9 Å². The van der Waals surface area contributed by atoms with Crippen LogP contribution in [0.1, 0.15) is 42.4 Å². The topological polar surface area (TPSA) is 37.2 Å². The summed E-state index contributed by atoms with van der Waals surface area (Å²) in [6.07, 6.45) is 5.16. The van der Waals surface area contributed by atoms with Gasteiger partial charge < -0.3 is 9.47 Å². The van der Waals surface area contributed by atoms with Gasteiger partial charge in [-0.25, -0.2) is 0 Å². The van der Waals surface area contributed by atoms with Gasteiger partial charge >= 0.3 is 0 Å². The molecule has 0 radical (unpaired) electrons. The van der Waals surface area contributed by atoms with Crippen molar-refractivity contribution in [1.82, 2.24) is 24.6 Å². The largest absolute Gasteiger partial charge is 0.308 e. The molecule has 7 heteroatoms. The van der Waals surface area contributed by atoms with Gasteiger partial charge in [-0.15, -0.1) is 21.5 Å². The first-order valence-electron chi connectivity index (χ1n) is 9.32. The average Bonchev–Trinajstić information content (AvgIpc) is 3.38. The highest BCUT2D eigenvalue weighted by atomic mass is 32.2. The second kappa shape index (κ2) is 8.20. The molecule has 0 N–H and O–H groups in total. The summed E-state index contributed by atoms with van der Waals surface area (Å²) >= 11 is 3.70. The van der Waals surface area contributed by atoms with Gasteiger partial charge in [0, 0.05) is 30.8 Å². The van der Waals surface area contributed by atoms with Crippen LogP contribution in [0.2, 0.25) is 0 Å². The fourth-order valence-corrected chi connectivity index (χ4v) is 5.57. The lowest BCUT2D eigenvalue weighted by molar-refractivity contribution is 0.237. The fourth-order valence-electron chi connectivity index (χ4n) is 3.92. The molecule has 2 aromatic rings. The van der Waals surface area contributed by atoms with E-state index in [9.17, 15) is 0 Å². The second-order valence-electron chi connectivity index (χ2n) is 7.00. The molecule has 2 saturated heterocycles. The van der Waals surface area contributed by atoms with E-state index in [-0.39, 0.29) is 0 Å². The van der Waals surface area contributed by atoms with Crippen molar-refractivity contribution >= 4 is 23.1 Å².